The smallest absolute Gasteiger partial charge is 0.422 e. The minimum absolute atomic E-state index is 0.0259. The Labute approximate surface area is 105 Å². The topological polar surface area (TPSA) is 62.1 Å². The highest BCUT2D eigenvalue weighted by Crippen LogP contribution is 2.23. The second-order valence-corrected chi connectivity index (χ2v) is 3.53. The van der Waals surface area contributed by atoms with Crippen LogP contribution in [0.5, 0.6) is 0 Å². The lowest BCUT2D eigenvalue weighted by atomic mass is 10.2. The normalized spacial score (nSPS) is 10.6. The third kappa shape index (κ3) is 4.51. The molecule has 0 fully saturated rings. The summed E-state index contributed by atoms with van der Waals surface area (Å²) in [5.41, 5.74) is 0.317. The quantitative estimate of drug-likeness (QED) is 0.902. The zero-order valence-electron chi connectivity index (χ0n) is 8.71. The number of rotatable bonds is 2. The molecule has 0 heterocycles. The Morgan fingerprint density at radius 3 is 2.67 bits per heavy atom. The summed E-state index contributed by atoms with van der Waals surface area (Å²) in [6, 6.07) is 5.72. The van der Waals surface area contributed by atoms with E-state index in [1.807, 2.05) is 11.4 Å². The molecule has 0 aliphatic rings. The van der Waals surface area contributed by atoms with E-state index in [2.05, 4.69) is 4.74 Å². The average Bonchev–Trinajstić information content (AvgIpc) is 2.28. The van der Waals surface area contributed by atoms with E-state index < -0.39 is 18.9 Å². The summed E-state index contributed by atoms with van der Waals surface area (Å²) in [5, 5.41) is 10.6. The van der Waals surface area contributed by atoms with E-state index >= 15 is 0 Å². The standard InChI is InChI=1S/C10H6ClF3N2O2/c11-7-3-6(4-15)1-2-8(7)16-9(17)18-5-10(12,13)14/h1-3H,5H2,(H,16,17). The number of hydrogen-bond donors (Lipinski definition) is 1. The van der Waals surface area contributed by atoms with Gasteiger partial charge in [0, 0.05) is 0 Å². The second kappa shape index (κ2) is 5.60. The molecule has 0 aliphatic carbocycles. The first-order chi connectivity index (χ1) is 8.31. The van der Waals surface area contributed by atoms with Crippen molar-refractivity contribution in [3.8, 4) is 6.07 Å². The summed E-state index contributed by atoms with van der Waals surface area (Å²) >= 11 is 5.70. The number of alkyl halides is 3. The molecule has 0 aromatic heterocycles. The van der Waals surface area contributed by atoms with Crippen LogP contribution in [0.1, 0.15) is 5.56 Å². The van der Waals surface area contributed by atoms with Crippen LogP contribution < -0.4 is 5.32 Å². The van der Waals surface area contributed by atoms with E-state index in [1.165, 1.54) is 18.2 Å². The van der Waals surface area contributed by atoms with E-state index in [0.29, 0.717) is 0 Å². The molecule has 0 unspecified atom stereocenters. The predicted octanol–water partition coefficient (Wildman–Crippen LogP) is 3.32. The molecule has 8 heteroatoms. The highest BCUT2D eigenvalue weighted by Gasteiger charge is 2.29. The molecule has 0 bridgehead atoms. The molecule has 1 rings (SSSR count). The lowest BCUT2D eigenvalue weighted by molar-refractivity contribution is -0.159. The Morgan fingerprint density at radius 2 is 2.17 bits per heavy atom. The Kier molecular flexibility index (Phi) is 4.39. The maximum Gasteiger partial charge on any atom is 0.422 e. The summed E-state index contributed by atoms with van der Waals surface area (Å²) in [5.74, 6) is 0. The van der Waals surface area contributed by atoms with Crippen LogP contribution in [0.4, 0.5) is 23.7 Å². The first kappa shape index (κ1) is 14.1. The number of benzene rings is 1. The zero-order valence-corrected chi connectivity index (χ0v) is 9.47. The highest BCUT2D eigenvalue weighted by atomic mass is 35.5. The number of halogens is 4. The number of ether oxygens (including phenoxy) is 1. The fraction of sp³-hybridized carbons (Fsp3) is 0.200. The van der Waals surface area contributed by atoms with Crippen molar-refractivity contribution in [2.45, 2.75) is 6.18 Å². The Bertz CT molecular complexity index is 497. The molecule has 0 spiro atoms. The van der Waals surface area contributed by atoms with E-state index in [1.54, 1.807) is 0 Å². The van der Waals surface area contributed by atoms with Gasteiger partial charge < -0.3 is 4.74 Å². The molecule has 96 valence electrons. The van der Waals surface area contributed by atoms with E-state index in [4.69, 9.17) is 16.9 Å². The lowest BCUT2D eigenvalue weighted by Crippen LogP contribution is -2.23. The van der Waals surface area contributed by atoms with Gasteiger partial charge in [0.15, 0.2) is 6.61 Å². The van der Waals surface area contributed by atoms with Crippen LogP contribution in [-0.4, -0.2) is 18.9 Å². The number of carbonyl (C=O) groups excluding carboxylic acids is 1. The van der Waals surface area contributed by atoms with Crippen molar-refractivity contribution >= 4 is 23.4 Å². The highest BCUT2D eigenvalue weighted by molar-refractivity contribution is 6.33. The minimum atomic E-state index is -4.59. The summed E-state index contributed by atoms with van der Waals surface area (Å²) in [6.45, 7) is -1.69. The van der Waals surface area contributed by atoms with E-state index in [0.717, 1.165) is 0 Å². The van der Waals surface area contributed by atoms with Crippen molar-refractivity contribution in [1.29, 1.82) is 5.26 Å². The average molecular weight is 279 g/mol. The number of amides is 1. The molecule has 1 aromatic carbocycles. The van der Waals surface area contributed by atoms with Gasteiger partial charge in [0.05, 0.1) is 22.3 Å². The van der Waals surface area contributed by atoms with Crippen LogP contribution in [-0.2, 0) is 4.74 Å². The van der Waals surface area contributed by atoms with Gasteiger partial charge >= 0.3 is 12.3 Å². The Hall–Kier alpha value is -1.94. The van der Waals surface area contributed by atoms with E-state index in [9.17, 15) is 18.0 Å². The third-order valence-electron chi connectivity index (χ3n) is 1.70. The second-order valence-electron chi connectivity index (χ2n) is 3.12. The number of anilines is 1. The van der Waals surface area contributed by atoms with Gasteiger partial charge in [-0.1, -0.05) is 11.6 Å². The van der Waals surface area contributed by atoms with Gasteiger partial charge in [0.1, 0.15) is 0 Å². The molecule has 1 N–H and O–H groups in total. The van der Waals surface area contributed by atoms with Gasteiger partial charge in [-0.05, 0) is 18.2 Å². The van der Waals surface area contributed by atoms with E-state index in [-0.39, 0.29) is 16.3 Å². The third-order valence-corrected chi connectivity index (χ3v) is 2.01. The van der Waals surface area contributed by atoms with Crippen molar-refractivity contribution in [3.05, 3.63) is 28.8 Å². The van der Waals surface area contributed by atoms with Crippen LogP contribution in [0, 0.1) is 11.3 Å². The summed E-state index contributed by atoms with van der Waals surface area (Å²) < 4.78 is 39.2. The number of nitriles is 1. The van der Waals surface area contributed by atoms with Crippen LogP contribution in [0.15, 0.2) is 18.2 Å². The first-order valence-corrected chi connectivity index (χ1v) is 4.90. The van der Waals surface area contributed by atoms with Gasteiger partial charge in [-0.2, -0.15) is 18.4 Å². The maximum absolute atomic E-state index is 11.8. The molecule has 18 heavy (non-hydrogen) atoms. The first-order valence-electron chi connectivity index (χ1n) is 4.52. The number of nitrogens with zero attached hydrogens (tertiary/aromatic N) is 1. The van der Waals surface area contributed by atoms with Gasteiger partial charge in [0.25, 0.3) is 0 Å². The minimum Gasteiger partial charge on any atom is -0.440 e. The Balaban J connectivity index is 2.63. The molecule has 0 atom stereocenters. The number of nitrogens with one attached hydrogen (secondary N) is 1. The Morgan fingerprint density at radius 1 is 1.50 bits per heavy atom. The summed E-state index contributed by atoms with van der Waals surface area (Å²) in [6.07, 6.45) is -5.87. The van der Waals surface area contributed by atoms with Crippen molar-refractivity contribution in [2.24, 2.45) is 0 Å². The molecule has 4 nitrogen and oxygen atoms in total. The van der Waals surface area contributed by atoms with Gasteiger partial charge in [-0.3, -0.25) is 5.32 Å². The largest absolute Gasteiger partial charge is 0.440 e. The molecular formula is C10H6ClF3N2O2. The maximum atomic E-state index is 11.8. The van der Waals surface area contributed by atoms with Gasteiger partial charge in [-0.15, -0.1) is 0 Å². The molecule has 0 saturated heterocycles. The molecule has 1 aromatic rings. The van der Waals surface area contributed by atoms with Crippen molar-refractivity contribution in [1.82, 2.24) is 0 Å². The van der Waals surface area contributed by atoms with Crippen LogP contribution in [0.3, 0.4) is 0 Å². The molecule has 0 aliphatic heterocycles. The van der Waals surface area contributed by atoms with Gasteiger partial charge in [-0.25, -0.2) is 4.79 Å². The van der Waals surface area contributed by atoms with Crippen LogP contribution in [0.25, 0.3) is 0 Å². The number of carbonyl (C=O) groups is 1. The van der Waals surface area contributed by atoms with Crippen molar-refractivity contribution in [2.75, 3.05) is 11.9 Å². The fourth-order valence-corrected chi connectivity index (χ4v) is 1.21. The molecule has 0 radical (unpaired) electrons. The van der Waals surface area contributed by atoms with Crippen LogP contribution >= 0.6 is 11.6 Å². The monoisotopic (exact) mass is 278 g/mol. The number of hydrogen-bond acceptors (Lipinski definition) is 3. The summed E-state index contributed by atoms with van der Waals surface area (Å²) in [4.78, 5) is 11.0. The van der Waals surface area contributed by atoms with Crippen molar-refractivity contribution in [3.63, 3.8) is 0 Å². The molecule has 0 saturated carbocycles. The van der Waals surface area contributed by atoms with Crippen LogP contribution in [0.2, 0.25) is 5.02 Å². The zero-order chi connectivity index (χ0) is 13.8. The SMILES string of the molecule is N#Cc1ccc(NC(=O)OCC(F)(F)F)c(Cl)c1. The predicted molar refractivity (Wildman–Crippen MR) is 57.2 cm³/mol. The fourth-order valence-electron chi connectivity index (χ4n) is 0.979. The molecular weight excluding hydrogens is 273 g/mol. The van der Waals surface area contributed by atoms with Crippen molar-refractivity contribution < 1.29 is 22.7 Å². The van der Waals surface area contributed by atoms with Gasteiger partial charge in [0.2, 0.25) is 0 Å². The molecule has 1 amide bonds. The lowest BCUT2D eigenvalue weighted by Gasteiger charge is -2.10. The summed E-state index contributed by atoms with van der Waals surface area (Å²) in [7, 11) is 0.